The number of rotatable bonds is 5. The minimum atomic E-state index is -4.15. The number of hydrogen-bond acceptors (Lipinski definition) is 3. The predicted octanol–water partition coefficient (Wildman–Crippen LogP) is 0.938. The van der Waals surface area contributed by atoms with Crippen molar-refractivity contribution < 1.29 is 17.2 Å². The highest BCUT2D eigenvalue weighted by atomic mass is 32.2. The summed E-state index contributed by atoms with van der Waals surface area (Å²) >= 11 is 0. The largest absolute Gasteiger partial charge is 0.316 e. The third-order valence-electron chi connectivity index (χ3n) is 2.44. The van der Waals surface area contributed by atoms with E-state index in [0.29, 0.717) is 5.56 Å². The summed E-state index contributed by atoms with van der Waals surface area (Å²) in [6.07, 6.45) is 5.02. The van der Waals surface area contributed by atoms with E-state index < -0.39 is 26.6 Å². The van der Waals surface area contributed by atoms with E-state index in [1.165, 1.54) is 7.05 Å². The Bertz CT molecular complexity index is 609. The van der Waals surface area contributed by atoms with Gasteiger partial charge in [0.1, 0.15) is 4.90 Å². The molecule has 0 aliphatic rings. The van der Waals surface area contributed by atoms with Gasteiger partial charge in [-0.15, -0.1) is 6.42 Å². The second kappa shape index (κ2) is 6.10. The zero-order chi connectivity index (χ0) is 14.6. The van der Waals surface area contributed by atoms with Gasteiger partial charge in [-0.25, -0.2) is 17.2 Å². The van der Waals surface area contributed by atoms with E-state index in [9.17, 15) is 17.2 Å². The molecule has 0 saturated carbocycles. The average molecular weight is 288 g/mol. The van der Waals surface area contributed by atoms with E-state index in [1.807, 2.05) is 0 Å². The van der Waals surface area contributed by atoms with Crippen LogP contribution in [0.1, 0.15) is 5.56 Å². The Labute approximate surface area is 111 Å². The summed E-state index contributed by atoms with van der Waals surface area (Å²) in [4.78, 5) is -0.712. The highest BCUT2D eigenvalue weighted by Gasteiger charge is 2.26. The van der Waals surface area contributed by atoms with Gasteiger partial charge in [0.05, 0.1) is 6.54 Å². The molecule has 19 heavy (non-hydrogen) atoms. The van der Waals surface area contributed by atoms with Crippen molar-refractivity contribution >= 4 is 10.0 Å². The molecule has 0 atom stereocenters. The lowest BCUT2D eigenvalue weighted by Crippen LogP contribution is -2.28. The molecule has 104 valence electrons. The number of terminal acetylenes is 1. The van der Waals surface area contributed by atoms with E-state index in [-0.39, 0.29) is 13.1 Å². The molecule has 0 spiro atoms. The van der Waals surface area contributed by atoms with Crippen molar-refractivity contribution in [2.24, 2.45) is 0 Å². The maximum atomic E-state index is 13.7. The van der Waals surface area contributed by atoms with E-state index in [2.05, 4.69) is 11.2 Å². The van der Waals surface area contributed by atoms with Gasteiger partial charge in [0.2, 0.25) is 10.0 Å². The molecule has 0 saturated heterocycles. The van der Waals surface area contributed by atoms with Gasteiger partial charge >= 0.3 is 0 Å². The first-order valence-electron chi connectivity index (χ1n) is 5.37. The summed E-state index contributed by atoms with van der Waals surface area (Å²) in [6.45, 7) is -0.00176. The molecule has 0 radical (unpaired) electrons. The predicted molar refractivity (Wildman–Crippen MR) is 67.8 cm³/mol. The number of halogens is 2. The smallest absolute Gasteiger partial charge is 0.246 e. The molecular formula is C12H14F2N2O2S. The average Bonchev–Trinajstić information content (AvgIpc) is 2.34. The number of sulfonamides is 1. The zero-order valence-electron chi connectivity index (χ0n) is 10.6. The van der Waals surface area contributed by atoms with Crippen LogP contribution in [-0.4, -0.2) is 33.4 Å². The molecule has 0 bridgehead atoms. The molecule has 1 aromatic carbocycles. The minimum Gasteiger partial charge on any atom is -0.316 e. The molecule has 0 aliphatic heterocycles. The van der Waals surface area contributed by atoms with Crippen molar-refractivity contribution in [3.8, 4) is 12.3 Å². The second-order valence-corrected chi connectivity index (χ2v) is 5.90. The molecule has 0 amide bonds. The lowest BCUT2D eigenvalue weighted by Gasteiger charge is -2.16. The fourth-order valence-corrected chi connectivity index (χ4v) is 2.70. The highest BCUT2D eigenvalue weighted by Crippen LogP contribution is 2.22. The monoisotopic (exact) mass is 288 g/mol. The van der Waals surface area contributed by atoms with Gasteiger partial charge in [-0.05, 0) is 24.7 Å². The van der Waals surface area contributed by atoms with Crippen molar-refractivity contribution in [1.82, 2.24) is 9.62 Å². The van der Waals surface area contributed by atoms with Crippen molar-refractivity contribution in [2.75, 3.05) is 20.6 Å². The summed E-state index contributed by atoms with van der Waals surface area (Å²) in [7, 11) is -1.33. The third kappa shape index (κ3) is 3.29. The Morgan fingerprint density at radius 2 is 2.05 bits per heavy atom. The molecule has 7 heteroatoms. The van der Waals surface area contributed by atoms with Gasteiger partial charge in [0.25, 0.3) is 0 Å². The number of nitrogens with zero attached hydrogens (tertiary/aromatic N) is 1. The van der Waals surface area contributed by atoms with Crippen molar-refractivity contribution in [3.63, 3.8) is 0 Å². The van der Waals surface area contributed by atoms with Crippen LogP contribution in [0, 0.1) is 24.0 Å². The Morgan fingerprint density at radius 3 is 2.58 bits per heavy atom. The van der Waals surface area contributed by atoms with Crippen molar-refractivity contribution in [2.45, 2.75) is 11.4 Å². The van der Waals surface area contributed by atoms with Gasteiger partial charge in [-0.1, -0.05) is 5.92 Å². The first-order chi connectivity index (χ1) is 8.84. The lowest BCUT2D eigenvalue weighted by molar-refractivity contribution is 0.464. The van der Waals surface area contributed by atoms with Gasteiger partial charge in [-0.3, -0.25) is 0 Å². The summed E-state index contributed by atoms with van der Waals surface area (Å²) in [5.74, 6) is -0.472. The molecule has 1 aromatic rings. The molecule has 4 nitrogen and oxygen atoms in total. The van der Waals surface area contributed by atoms with Crippen molar-refractivity contribution in [1.29, 1.82) is 0 Å². The number of hydrogen-bond donors (Lipinski definition) is 1. The van der Waals surface area contributed by atoms with Crippen LogP contribution >= 0.6 is 0 Å². The topological polar surface area (TPSA) is 49.4 Å². The molecule has 0 fully saturated rings. The number of benzene rings is 1. The Hall–Kier alpha value is -1.49. The standard InChI is InChI=1S/C12H14F2N2O2S/c1-4-5-16(3)19(17,18)11-7-9(8-15-2)6-10(13)12(11)14/h1,6-7,15H,5,8H2,2-3H3. The van der Waals surface area contributed by atoms with Gasteiger partial charge in [-0.2, -0.15) is 4.31 Å². The molecule has 0 aromatic heterocycles. The summed E-state index contributed by atoms with van der Waals surface area (Å²) < 4.78 is 52.0. The van der Waals surface area contributed by atoms with Gasteiger partial charge in [0, 0.05) is 13.6 Å². The van der Waals surface area contributed by atoms with E-state index >= 15 is 0 Å². The van der Waals surface area contributed by atoms with Crippen LogP contribution in [0.15, 0.2) is 17.0 Å². The molecule has 0 unspecified atom stereocenters. The summed E-state index contributed by atoms with van der Waals surface area (Å²) in [6, 6.07) is 2.04. The first kappa shape index (κ1) is 15.6. The lowest BCUT2D eigenvalue weighted by atomic mass is 10.2. The van der Waals surface area contributed by atoms with Crippen LogP contribution in [0.3, 0.4) is 0 Å². The van der Waals surface area contributed by atoms with Gasteiger partial charge in [0.15, 0.2) is 11.6 Å². The fraction of sp³-hybridized carbons (Fsp3) is 0.333. The Morgan fingerprint density at radius 1 is 1.42 bits per heavy atom. The summed E-state index contributed by atoms with van der Waals surface area (Å²) in [5.41, 5.74) is 0.328. The molecule has 0 aliphatic carbocycles. The highest BCUT2D eigenvalue weighted by molar-refractivity contribution is 7.89. The van der Waals surface area contributed by atoms with Crippen LogP contribution in [-0.2, 0) is 16.6 Å². The maximum absolute atomic E-state index is 13.7. The first-order valence-corrected chi connectivity index (χ1v) is 6.81. The molecule has 1 rings (SSSR count). The van der Waals surface area contributed by atoms with Crippen LogP contribution in [0.4, 0.5) is 8.78 Å². The van der Waals surface area contributed by atoms with Crippen LogP contribution < -0.4 is 5.32 Å². The SMILES string of the molecule is C#CCN(C)S(=O)(=O)c1cc(CNC)cc(F)c1F. The van der Waals surface area contributed by atoms with Crippen LogP contribution in [0.25, 0.3) is 0 Å². The molecule has 1 N–H and O–H groups in total. The van der Waals surface area contributed by atoms with Crippen molar-refractivity contribution in [3.05, 3.63) is 29.3 Å². The third-order valence-corrected chi connectivity index (χ3v) is 4.24. The maximum Gasteiger partial charge on any atom is 0.246 e. The molecular weight excluding hydrogens is 274 g/mol. The fourth-order valence-electron chi connectivity index (χ4n) is 1.49. The Balaban J connectivity index is 3.37. The normalized spacial score (nSPS) is 11.6. The molecule has 0 heterocycles. The van der Waals surface area contributed by atoms with Gasteiger partial charge < -0.3 is 5.32 Å². The summed E-state index contributed by atoms with van der Waals surface area (Å²) in [5, 5.41) is 2.73. The quantitative estimate of drug-likeness (QED) is 0.820. The van der Waals surface area contributed by atoms with E-state index in [0.717, 1.165) is 16.4 Å². The minimum absolute atomic E-state index is 0.221. The Kier molecular flexibility index (Phi) is 5.00. The van der Waals surface area contributed by atoms with Crippen LogP contribution in [0.5, 0.6) is 0 Å². The number of nitrogens with one attached hydrogen (secondary N) is 1. The van der Waals surface area contributed by atoms with E-state index in [4.69, 9.17) is 6.42 Å². The van der Waals surface area contributed by atoms with E-state index in [1.54, 1.807) is 7.05 Å². The zero-order valence-corrected chi connectivity index (χ0v) is 11.4. The second-order valence-electron chi connectivity index (χ2n) is 3.89. The van der Waals surface area contributed by atoms with Crippen LogP contribution in [0.2, 0.25) is 0 Å².